The van der Waals surface area contributed by atoms with Crippen LogP contribution in [0.15, 0.2) is 30.0 Å². The topological polar surface area (TPSA) is 59.6 Å². The van der Waals surface area contributed by atoms with Crippen LogP contribution in [0.3, 0.4) is 0 Å². The first-order chi connectivity index (χ1) is 11.5. The van der Waals surface area contributed by atoms with Crippen LogP contribution in [-0.4, -0.2) is 20.3 Å². The van der Waals surface area contributed by atoms with Crippen LogP contribution in [0.5, 0.6) is 11.5 Å². The van der Waals surface area contributed by atoms with Crippen LogP contribution in [-0.2, 0) is 0 Å². The molecular formula is C19H28N2O3. The Labute approximate surface area is 144 Å². The monoisotopic (exact) mass is 332 g/mol. The second-order valence-electron chi connectivity index (χ2n) is 6.32. The molecule has 1 aliphatic carbocycles. The maximum atomic E-state index is 12.1. The zero-order chi connectivity index (χ0) is 17.5. The molecule has 1 unspecified atom stereocenters. The molecule has 0 aliphatic heterocycles. The minimum absolute atomic E-state index is 0.134. The largest absolute Gasteiger partial charge is 0.493 e. The van der Waals surface area contributed by atoms with E-state index in [1.54, 1.807) is 14.2 Å². The van der Waals surface area contributed by atoms with Crippen LogP contribution in [0.2, 0.25) is 0 Å². The predicted molar refractivity (Wildman–Crippen MR) is 95.3 cm³/mol. The van der Waals surface area contributed by atoms with Crippen LogP contribution in [0.4, 0.5) is 4.79 Å². The number of benzene rings is 1. The van der Waals surface area contributed by atoms with Gasteiger partial charge in [0.25, 0.3) is 0 Å². The van der Waals surface area contributed by atoms with Gasteiger partial charge >= 0.3 is 6.03 Å². The third-order valence-corrected chi connectivity index (χ3v) is 4.69. The number of carbonyl (C=O) groups is 1. The number of nitrogens with one attached hydrogen (secondary N) is 2. The minimum atomic E-state index is -0.199. The zero-order valence-corrected chi connectivity index (χ0v) is 15.0. The van der Waals surface area contributed by atoms with Crippen molar-refractivity contribution in [2.45, 2.75) is 45.6 Å². The quantitative estimate of drug-likeness (QED) is 0.822. The first kappa shape index (κ1) is 18.2. The highest BCUT2D eigenvalue weighted by Gasteiger charge is 2.17. The van der Waals surface area contributed by atoms with Crippen molar-refractivity contribution in [2.24, 2.45) is 5.92 Å². The molecule has 0 spiro atoms. The van der Waals surface area contributed by atoms with Gasteiger partial charge in [0.05, 0.1) is 20.3 Å². The molecule has 132 valence electrons. The molecular weight excluding hydrogens is 304 g/mol. The molecule has 1 fully saturated rings. The van der Waals surface area contributed by atoms with E-state index in [0.29, 0.717) is 17.4 Å². The highest BCUT2D eigenvalue weighted by molar-refractivity contribution is 5.75. The van der Waals surface area contributed by atoms with Crippen molar-refractivity contribution >= 4 is 6.03 Å². The average Bonchev–Trinajstić information content (AvgIpc) is 3.13. The van der Waals surface area contributed by atoms with Crippen molar-refractivity contribution < 1.29 is 14.3 Å². The number of hydrogen-bond donors (Lipinski definition) is 2. The minimum Gasteiger partial charge on any atom is -0.493 e. The highest BCUT2D eigenvalue weighted by atomic mass is 16.5. The van der Waals surface area contributed by atoms with Gasteiger partial charge in [-0.2, -0.15) is 0 Å². The molecule has 0 radical (unpaired) electrons. The van der Waals surface area contributed by atoms with Crippen molar-refractivity contribution in [3.05, 3.63) is 35.5 Å². The predicted octanol–water partition coefficient (Wildman–Crippen LogP) is 4.16. The summed E-state index contributed by atoms with van der Waals surface area (Å²) >= 11 is 0. The fourth-order valence-corrected chi connectivity index (χ4v) is 3.12. The van der Waals surface area contributed by atoms with Gasteiger partial charge in [0.2, 0.25) is 0 Å². The summed E-state index contributed by atoms with van der Waals surface area (Å²) in [6.45, 7) is 4.03. The lowest BCUT2D eigenvalue weighted by atomic mass is 10.0. The molecule has 1 atom stereocenters. The number of allylic oxidation sites excluding steroid dienone is 1. The maximum Gasteiger partial charge on any atom is 0.319 e. The highest BCUT2D eigenvalue weighted by Crippen LogP contribution is 2.31. The summed E-state index contributed by atoms with van der Waals surface area (Å²) in [5, 5.41) is 5.78. The van der Waals surface area contributed by atoms with E-state index in [4.69, 9.17) is 9.47 Å². The average molecular weight is 332 g/mol. The van der Waals surface area contributed by atoms with Crippen LogP contribution in [0.25, 0.3) is 0 Å². The van der Waals surface area contributed by atoms with Crippen molar-refractivity contribution in [1.29, 1.82) is 0 Å². The molecule has 0 saturated heterocycles. The van der Waals surface area contributed by atoms with Gasteiger partial charge in [0, 0.05) is 6.20 Å². The molecule has 2 rings (SSSR count). The standard InChI is InChI=1S/C19H28N2O3/c1-13(15-7-5-6-8-15)12-20-19(22)21-14(2)16-9-10-17(23-3)18(11-16)24-4/h9-12,14-15H,5-8H2,1-4H3,(H2,20,21,22)/b13-12+. The Morgan fingerprint density at radius 3 is 2.50 bits per heavy atom. The molecule has 0 heterocycles. The summed E-state index contributed by atoms with van der Waals surface area (Å²) < 4.78 is 10.5. The van der Waals surface area contributed by atoms with E-state index in [1.807, 2.05) is 31.3 Å². The number of methoxy groups -OCH3 is 2. The van der Waals surface area contributed by atoms with Gasteiger partial charge in [-0.15, -0.1) is 0 Å². The molecule has 1 saturated carbocycles. The van der Waals surface area contributed by atoms with Crippen molar-refractivity contribution in [3.8, 4) is 11.5 Å². The Morgan fingerprint density at radius 2 is 1.88 bits per heavy atom. The third kappa shape index (κ3) is 4.66. The first-order valence-corrected chi connectivity index (χ1v) is 8.50. The van der Waals surface area contributed by atoms with Gasteiger partial charge in [-0.1, -0.05) is 24.5 Å². The van der Waals surface area contributed by atoms with E-state index in [9.17, 15) is 4.79 Å². The Kier molecular flexibility index (Phi) is 6.53. The van der Waals surface area contributed by atoms with Crippen LogP contribution < -0.4 is 20.1 Å². The lowest BCUT2D eigenvalue weighted by molar-refractivity contribution is 0.241. The van der Waals surface area contributed by atoms with E-state index in [0.717, 1.165) is 5.56 Å². The van der Waals surface area contributed by atoms with Gasteiger partial charge in [-0.25, -0.2) is 4.79 Å². The Bertz CT molecular complexity index is 592. The lowest BCUT2D eigenvalue weighted by Crippen LogP contribution is -2.34. The van der Waals surface area contributed by atoms with Crippen LogP contribution in [0, 0.1) is 5.92 Å². The summed E-state index contributed by atoms with van der Waals surface area (Å²) in [6, 6.07) is 5.31. The Morgan fingerprint density at radius 1 is 1.21 bits per heavy atom. The number of urea groups is 1. The maximum absolute atomic E-state index is 12.1. The molecule has 24 heavy (non-hydrogen) atoms. The van der Waals surface area contributed by atoms with Gasteiger partial charge in [-0.3, -0.25) is 0 Å². The first-order valence-electron chi connectivity index (χ1n) is 8.50. The summed E-state index contributed by atoms with van der Waals surface area (Å²) in [7, 11) is 3.20. The zero-order valence-electron chi connectivity index (χ0n) is 15.0. The third-order valence-electron chi connectivity index (χ3n) is 4.69. The van der Waals surface area contributed by atoms with E-state index in [1.165, 1.54) is 31.3 Å². The number of carbonyl (C=O) groups excluding carboxylic acids is 1. The smallest absolute Gasteiger partial charge is 0.319 e. The van der Waals surface area contributed by atoms with Crippen molar-refractivity contribution in [1.82, 2.24) is 10.6 Å². The molecule has 5 heteroatoms. The number of hydrogen-bond acceptors (Lipinski definition) is 3. The van der Waals surface area contributed by atoms with Gasteiger partial charge in [0.1, 0.15) is 0 Å². The van der Waals surface area contributed by atoms with E-state index >= 15 is 0 Å². The molecule has 1 aromatic carbocycles. The lowest BCUT2D eigenvalue weighted by Gasteiger charge is -2.17. The number of rotatable bonds is 6. The second kappa shape index (κ2) is 8.62. The number of ether oxygens (including phenoxy) is 2. The molecule has 5 nitrogen and oxygen atoms in total. The van der Waals surface area contributed by atoms with Crippen molar-refractivity contribution in [2.75, 3.05) is 14.2 Å². The fraction of sp³-hybridized carbons (Fsp3) is 0.526. The summed E-state index contributed by atoms with van der Waals surface area (Å²) in [5.74, 6) is 1.95. The van der Waals surface area contributed by atoms with E-state index in [-0.39, 0.29) is 12.1 Å². The van der Waals surface area contributed by atoms with Crippen molar-refractivity contribution in [3.63, 3.8) is 0 Å². The van der Waals surface area contributed by atoms with Gasteiger partial charge in [0.15, 0.2) is 11.5 Å². The van der Waals surface area contributed by atoms with Crippen LogP contribution in [0.1, 0.15) is 51.1 Å². The van der Waals surface area contributed by atoms with Gasteiger partial charge < -0.3 is 20.1 Å². The Hall–Kier alpha value is -2.17. The molecule has 0 bridgehead atoms. The normalized spacial score (nSPS) is 16.6. The van der Waals surface area contributed by atoms with E-state index < -0.39 is 0 Å². The molecule has 1 aliphatic rings. The summed E-state index contributed by atoms with van der Waals surface area (Å²) in [4.78, 5) is 12.1. The van der Waals surface area contributed by atoms with E-state index in [2.05, 4.69) is 17.6 Å². The van der Waals surface area contributed by atoms with Gasteiger partial charge in [-0.05, 0) is 50.3 Å². The molecule has 1 aromatic rings. The number of amides is 2. The molecule has 2 amide bonds. The summed E-state index contributed by atoms with van der Waals surface area (Å²) in [5.41, 5.74) is 2.21. The second-order valence-corrected chi connectivity index (χ2v) is 6.32. The molecule has 2 N–H and O–H groups in total. The fourth-order valence-electron chi connectivity index (χ4n) is 3.12. The summed E-state index contributed by atoms with van der Waals surface area (Å²) in [6.07, 6.45) is 6.88. The molecule has 0 aromatic heterocycles. The Balaban J connectivity index is 1.92. The van der Waals surface area contributed by atoms with Crippen LogP contribution >= 0.6 is 0 Å². The SMILES string of the molecule is COc1ccc(C(C)NC(=O)N/C=C(\C)C2CCCC2)cc1OC.